The summed E-state index contributed by atoms with van der Waals surface area (Å²) in [6.07, 6.45) is 7.19. The summed E-state index contributed by atoms with van der Waals surface area (Å²) in [6, 6.07) is 12.1. The normalized spacial score (nSPS) is 24.6. The van der Waals surface area contributed by atoms with Crippen LogP contribution in [0.3, 0.4) is 0 Å². The van der Waals surface area contributed by atoms with Crippen molar-refractivity contribution >= 4 is 17.2 Å². The second kappa shape index (κ2) is 8.26. The number of pyridine rings is 2. The fourth-order valence-electron chi connectivity index (χ4n) is 4.60. The zero-order valence-electron chi connectivity index (χ0n) is 16.7. The van der Waals surface area contributed by atoms with Crippen LogP contribution in [0.2, 0.25) is 0 Å². The van der Waals surface area contributed by atoms with Crippen molar-refractivity contribution in [1.82, 2.24) is 19.8 Å². The Morgan fingerprint density at radius 2 is 2.00 bits per heavy atom. The van der Waals surface area contributed by atoms with Gasteiger partial charge in [-0.2, -0.15) is 0 Å². The third kappa shape index (κ3) is 3.64. The lowest BCUT2D eigenvalue weighted by Gasteiger charge is -2.42. The maximum Gasteiger partial charge on any atom is 0.257 e. The zero-order valence-corrected chi connectivity index (χ0v) is 17.5. The molecule has 2 saturated heterocycles. The molecule has 30 heavy (non-hydrogen) atoms. The Morgan fingerprint density at radius 3 is 2.77 bits per heavy atom. The summed E-state index contributed by atoms with van der Waals surface area (Å²) >= 11 is 1.75. The second-order valence-electron chi connectivity index (χ2n) is 7.91. The van der Waals surface area contributed by atoms with E-state index in [4.69, 9.17) is 4.74 Å². The van der Waals surface area contributed by atoms with E-state index in [1.807, 2.05) is 29.3 Å². The number of morpholine rings is 1. The van der Waals surface area contributed by atoms with Crippen LogP contribution in [0.15, 0.2) is 66.6 Å². The van der Waals surface area contributed by atoms with Crippen molar-refractivity contribution in [3.8, 4) is 0 Å². The van der Waals surface area contributed by atoms with E-state index in [0.29, 0.717) is 26.2 Å². The average Bonchev–Trinajstić information content (AvgIpc) is 3.42. The van der Waals surface area contributed by atoms with Crippen molar-refractivity contribution < 1.29 is 9.53 Å². The van der Waals surface area contributed by atoms with E-state index in [0.717, 1.165) is 24.2 Å². The van der Waals surface area contributed by atoms with Gasteiger partial charge in [0, 0.05) is 68.3 Å². The molecule has 0 aliphatic carbocycles. The minimum atomic E-state index is -0.869. The van der Waals surface area contributed by atoms with E-state index in [2.05, 4.69) is 38.4 Å². The predicted molar refractivity (Wildman–Crippen MR) is 115 cm³/mol. The van der Waals surface area contributed by atoms with E-state index in [-0.39, 0.29) is 11.8 Å². The third-order valence-corrected chi connectivity index (χ3v) is 6.86. The molecule has 2 aliphatic heterocycles. The van der Waals surface area contributed by atoms with E-state index in [1.54, 1.807) is 29.9 Å². The van der Waals surface area contributed by atoms with Crippen molar-refractivity contribution in [3.05, 3.63) is 82.6 Å². The van der Waals surface area contributed by atoms with E-state index in [9.17, 15) is 4.79 Å². The molecule has 1 amide bonds. The molecule has 0 aromatic carbocycles. The van der Waals surface area contributed by atoms with Gasteiger partial charge in [0.1, 0.15) is 0 Å². The lowest BCUT2D eigenvalue weighted by molar-refractivity contribution is -0.173. The number of ether oxygens (including phenoxy) is 1. The number of aromatic nitrogens is 2. The van der Waals surface area contributed by atoms with E-state index < -0.39 is 5.60 Å². The van der Waals surface area contributed by atoms with Gasteiger partial charge in [0.15, 0.2) is 5.60 Å². The lowest BCUT2D eigenvalue weighted by Crippen LogP contribution is -2.59. The fraction of sp³-hybridized carbons (Fsp3) is 0.348. The van der Waals surface area contributed by atoms with Crippen LogP contribution in [-0.2, 0) is 22.6 Å². The first-order chi connectivity index (χ1) is 14.7. The second-order valence-corrected chi connectivity index (χ2v) is 8.94. The van der Waals surface area contributed by atoms with Gasteiger partial charge in [0.05, 0.1) is 6.61 Å². The van der Waals surface area contributed by atoms with Gasteiger partial charge in [0.2, 0.25) is 0 Å². The number of likely N-dealkylation sites (tertiary alicyclic amines) is 1. The van der Waals surface area contributed by atoms with Gasteiger partial charge >= 0.3 is 0 Å². The van der Waals surface area contributed by atoms with Crippen LogP contribution >= 0.6 is 11.3 Å². The first-order valence-electron chi connectivity index (χ1n) is 10.2. The van der Waals surface area contributed by atoms with E-state index in [1.165, 1.54) is 4.88 Å². The van der Waals surface area contributed by atoms with Gasteiger partial charge in [-0.3, -0.25) is 19.7 Å². The highest BCUT2D eigenvalue weighted by Gasteiger charge is 2.57. The van der Waals surface area contributed by atoms with Crippen molar-refractivity contribution in [2.45, 2.75) is 24.6 Å². The van der Waals surface area contributed by atoms with Crippen LogP contribution in [0.5, 0.6) is 0 Å². The Kier molecular flexibility index (Phi) is 5.33. The highest BCUT2D eigenvalue weighted by Crippen LogP contribution is 2.42. The predicted octanol–water partition coefficient (Wildman–Crippen LogP) is 2.94. The lowest BCUT2D eigenvalue weighted by atomic mass is 9.83. The van der Waals surface area contributed by atoms with Crippen LogP contribution in [0.4, 0.5) is 0 Å². The number of nitrogens with zero attached hydrogens (tertiary/aromatic N) is 4. The molecule has 3 aromatic rings. The molecule has 7 heteroatoms. The van der Waals surface area contributed by atoms with Crippen molar-refractivity contribution in [1.29, 1.82) is 0 Å². The summed E-state index contributed by atoms with van der Waals surface area (Å²) in [4.78, 5) is 27.8. The SMILES string of the molecule is O=C1N(Cc2ccncc2)CCO[C@@]12CN(Cc1cccs1)C[C@H]2c1cccnc1. The van der Waals surface area contributed by atoms with Gasteiger partial charge in [-0.1, -0.05) is 12.1 Å². The number of carbonyl (C=O) groups excluding carboxylic acids is 1. The van der Waals surface area contributed by atoms with E-state index >= 15 is 0 Å². The minimum absolute atomic E-state index is 0.0427. The first kappa shape index (κ1) is 19.4. The summed E-state index contributed by atoms with van der Waals surface area (Å²) in [6.45, 7) is 3.93. The molecule has 154 valence electrons. The Morgan fingerprint density at radius 1 is 1.10 bits per heavy atom. The fourth-order valence-corrected chi connectivity index (χ4v) is 5.35. The van der Waals surface area contributed by atoms with Crippen molar-refractivity contribution in [2.24, 2.45) is 0 Å². The highest BCUT2D eigenvalue weighted by molar-refractivity contribution is 7.09. The molecule has 6 nitrogen and oxygen atoms in total. The molecule has 1 spiro atoms. The van der Waals surface area contributed by atoms with Crippen LogP contribution in [-0.4, -0.2) is 57.5 Å². The quantitative estimate of drug-likeness (QED) is 0.635. The Hall–Kier alpha value is -2.61. The van der Waals surface area contributed by atoms with Gasteiger partial charge in [0.25, 0.3) is 5.91 Å². The molecule has 0 unspecified atom stereocenters. The molecule has 0 saturated carbocycles. The van der Waals surface area contributed by atoms with Crippen LogP contribution < -0.4 is 0 Å². The topological polar surface area (TPSA) is 58.6 Å². The van der Waals surface area contributed by atoms with Crippen molar-refractivity contribution in [3.63, 3.8) is 0 Å². The molecule has 2 atom stereocenters. The molecule has 0 N–H and O–H groups in total. The van der Waals surface area contributed by atoms with Crippen LogP contribution in [0.1, 0.15) is 21.9 Å². The molecular formula is C23H24N4O2S. The third-order valence-electron chi connectivity index (χ3n) is 6.00. The van der Waals surface area contributed by atoms with Gasteiger partial charge in [-0.15, -0.1) is 11.3 Å². The molecule has 5 heterocycles. The Balaban J connectivity index is 1.45. The number of rotatable bonds is 5. The first-order valence-corrected chi connectivity index (χ1v) is 11.1. The average molecular weight is 421 g/mol. The monoisotopic (exact) mass is 420 g/mol. The number of thiophene rings is 1. The summed E-state index contributed by atoms with van der Waals surface area (Å²) in [5, 5.41) is 2.10. The summed E-state index contributed by atoms with van der Waals surface area (Å²) in [5.41, 5.74) is 1.28. The van der Waals surface area contributed by atoms with Crippen molar-refractivity contribution in [2.75, 3.05) is 26.2 Å². The van der Waals surface area contributed by atoms with Crippen LogP contribution in [0.25, 0.3) is 0 Å². The largest absolute Gasteiger partial charge is 0.361 e. The molecule has 0 bridgehead atoms. The highest BCUT2D eigenvalue weighted by atomic mass is 32.1. The zero-order chi connectivity index (χ0) is 20.4. The molecular weight excluding hydrogens is 396 g/mol. The minimum Gasteiger partial charge on any atom is -0.361 e. The van der Waals surface area contributed by atoms with Gasteiger partial charge in [-0.25, -0.2) is 0 Å². The van der Waals surface area contributed by atoms with Gasteiger partial charge in [-0.05, 0) is 40.8 Å². The maximum atomic E-state index is 13.8. The summed E-state index contributed by atoms with van der Waals surface area (Å²) in [7, 11) is 0. The standard InChI is InChI=1S/C23H24N4O2S/c28-22-23(29-11-10-27(22)14-18-5-8-24-9-6-18)17-26(15-20-4-2-12-30-20)16-21(23)19-3-1-7-25-13-19/h1-9,12-13,21H,10-11,14-17H2/t21-,23+/m0/s1. The number of carbonyl (C=O) groups is 1. The summed E-state index contributed by atoms with van der Waals surface area (Å²) in [5.74, 6) is 0.0343. The van der Waals surface area contributed by atoms with Gasteiger partial charge < -0.3 is 9.64 Å². The molecule has 3 aromatic heterocycles. The number of hydrogen-bond donors (Lipinski definition) is 0. The number of hydrogen-bond acceptors (Lipinski definition) is 6. The maximum absolute atomic E-state index is 13.8. The Labute approximate surface area is 180 Å². The molecule has 2 aliphatic rings. The smallest absolute Gasteiger partial charge is 0.257 e. The summed E-state index contributed by atoms with van der Waals surface area (Å²) < 4.78 is 6.35. The molecule has 2 fully saturated rings. The number of amides is 1. The molecule has 0 radical (unpaired) electrons. The van der Waals surface area contributed by atoms with Crippen LogP contribution in [0, 0.1) is 0 Å². The Bertz CT molecular complexity index is 983. The molecule has 5 rings (SSSR count).